The summed E-state index contributed by atoms with van der Waals surface area (Å²) >= 11 is 0. The maximum Gasteiger partial charge on any atom is 0.416 e. The van der Waals surface area contributed by atoms with Gasteiger partial charge in [0.15, 0.2) is 0 Å². The second-order valence-electron chi connectivity index (χ2n) is 5.25. The van der Waals surface area contributed by atoms with Crippen LogP contribution in [-0.4, -0.2) is 37.8 Å². The van der Waals surface area contributed by atoms with Crippen molar-refractivity contribution in [3.05, 3.63) is 34.9 Å². The van der Waals surface area contributed by atoms with Crippen LogP contribution >= 0.6 is 0 Å². The molecule has 1 N–H and O–H groups in total. The Hall–Kier alpha value is -1.35. The summed E-state index contributed by atoms with van der Waals surface area (Å²) in [4.78, 5) is 1.43. The summed E-state index contributed by atoms with van der Waals surface area (Å²) in [5, 5.41) is 2.96. The molecule has 1 aliphatic rings. The molecule has 0 unspecified atom stereocenters. The molecule has 1 heterocycles. The number of rotatable bonds is 3. The quantitative estimate of drug-likeness (QED) is 0.843. The molecule has 130 valence electrons. The van der Waals surface area contributed by atoms with E-state index in [1.165, 1.54) is 4.90 Å². The molecule has 1 saturated heterocycles. The largest absolute Gasteiger partial charge is 0.416 e. The van der Waals surface area contributed by atoms with Crippen LogP contribution in [0.2, 0.25) is 0 Å². The number of benzene rings is 1. The number of nitrogens with one attached hydrogen (secondary N) is 1. The molecule has 1 aliphatic heterocycles. The maximum absolute atomic E-state index is 13.4. The lowest BCUT2D eigenvalue weighted by Crippen LogP contribution is -2.46. The van der Waals surface area contributed by atoms with Crippen molar-refractivity contribution in [1.82, 2.24) is 10.2 Å². The lowest BCUT2D eigenvalue weighted by Gasteiger charge is -2.35. The molecule has 0 bridgehead atoms. The highest BCUT2D eigenvalue weighted by Gasteiger charge is 2.39. The Labute approximate surface area is 128 Å². The van der Waals surface area contributed by atoms with Crippen molar-refractivity contribution in [3.63, 3.8) is 0 Å². The predicted molar refractivity (Wildman–Crippen MR) is 69.6 cm³/mol. The van der Waals surface area contributed by atoms with Crippen LogP contribution < -0.4 is 5.32 Å². The van der Waals surface area contributed by atoms with Gasteiger partial charge in [-0.1, -0.05) is 0 Å². The highest BCUT2D eigenvalue weighted by Crippen LogP contribution is 2.40. The summed E-state index contributed by atoms with van der Waals surface area (Å²) in [5.41, 5.74) is -3.11. The molecule has 0 aromatic heterocycles. The maximum atomic E-state index is 13.4. The molecule has 1 atom stereocenters. The Morgan fingerprint density at radius 2 is 1.61 bits per heavy atom. The van der Waals surface area contributed by atoms with E-state index in [-0.39, 0.29) is 13.1 Å². The van der Waals surface area contributed by atoms with Crippen LogP contribution in [0.25, 0.3) is 0 Å². The van der Waals surface area contributed by atoms with Crippen LogP contribution in [0, 0.1) is 0 Å². The van der Waals surface area contributed by atoms with E-state index in [0.717, 1.165) is 0 Å². The van der Waals surface area contributed by atoms with Crippen LogP contribution in [0.15, 0.2) is 18.2 Å². The van der Waals surface area contributed by atoms with Crippen molar-refractivity contribution in [1.29, 1.82) is 0 Å². The van der Waals surface area contributed by atoms with E-state index in [9.17, 15) is 30.7 Å². The van der Waals surface area contributed by atoms with Gasteiger partial charge in [0.1, 0.15) is 6.67 Å². The molecule has 0 spiro atoms. The van der Waals surface area contributed by atoms with Crippen molar-refractivity contribution in [3.8, 4) is 0 Å². The minimum Gasteiger partial charge on any atom is -0.314 e. The van der Waals surface area contributed by atoms with Crippen molar-refractivity contribution in [2.45, 2.75) is 18.4 Å². The van der Waals surface area contributed by atoms with E-state index in [1.807, 2.05) is 0 Å². The number of halogens is 7. The van der Waals surface area contributed by atoms with E-state index in [0.29, 0.717) is 31.3 Å². The smallest absolute Gasteiger partial charge is 0.314 e. The fraction of sp³-hybridized carbons (Fsp3) is 0.571. The van der Waals surface area contributed by atoms with Gasteiger partial charge in [-0.05, 0) is 23.8 Å². The number of alkyl halides is 7. The first kappa shape index (κ1) is 18.0. The molecule has 2 nitrogen and oxygen atoms in total. The molecule has 0 amide bonds. The molecule has 1 aromatic rings. The first-order valence-electron chi connectivity index (χ1n) is 6.93. The highest BCUT2D eigenvalue weighted by atomic mass is 19.4. The predicted octanol–water partition coefficient (Wildman–Crippen LogP) is 3.64. The van der Waals surface area contributed by atoms with Crippen molar-refractivity contribution in [2.75, 3.05) is 32.9 Å². The second-order valence-corrected chi connectivity index (χ2v) is 5.25. The summed E-state index contributed by atoms with van der Waals surface area (Å²) in [6.45, 7) is 0.224. The first-order chi connectivity index (χ1) is 10.6. The monoisotopic (exact) mass is 344 g/mol. The lowest BCUT2D eigenvalue weighted by molar-refractivity contribution is -0.142. The summed E-state index contributed by atoms with van der Waals surface area (Å²) in [6, 6.07) is -0.187. The molecule has 0 saturated carbocycles. The number of nitrogens with zero attached hydrogens (tertiary/aromatic N) is 1. The Morgan fingerprint density at radius 3 is 2.09 bits per heavy atom. The molecule has 1 fully saturated rings. The third kappa shape index (κ3) is 4.14. The van der Waals surface area contributed by atoms with E-state index in [2.05, 4.69) is 5.32 Å². The van der Waals surface area contributed by atoms with Gasteiger partial charge in [0.2, 0.25) is 0 Å². The molecule has 0 aliphatic carbocycles. The molecule has 23 heavy (non-hydrogen) atoms. The molecule has 0 radical (unpaired) electrons. The average Bonchev–Trinajstić information content (AvgIpc) is 2.47. The topological polar surface area (TPSA) is 15.3 Å². The van der Waals surface area contributed by atoms with Gasteiger partial charge in [-0.3, -0.25) is 4.90 Å². The number of hydrogen-bond donors (Lipinski definition) is 1. The van der Waals surface area contributed by atoms with Gasteiger partial charge < -0.3 is 5.32 Å². The normalized spacial score (nSPS) is 18.9. The van der Waals surface area contributed by atoms with Gasteiger partial charge in [0, 0.05) is 26.2 Å². The Kier molecular flexibility index (Phi) is 5.20. The fourth-order valence-electron chi connectivity index (χ4n) is 2.64. The third-order valence-electron chi connectivity index (χ3n) is 3.78. The lowest BCUT2D eigenvalue weighted by atomic mass is 9.96. The summed E-state index contributed by atoms with van der Waals surface area (Å²) in [5.74, 6) is 0. The third-order valence-corrected chi connectivity index (χ3v) is 3.78. The van der Waals surface area contributed by atoms with Crippen molar-refractivity contribution in [2.24, 2.45) is 0 Å². The Balaban J connectivity index is 2.50. The zero-order chi connectivity index (χ0) is 17.3. The van der Waals surface area contributed by atoms with Gasteiger partial charge in [-0.25, -0.2) is 4.39 Å². The summed E-state index contributed by atoms with van der Waals surface area (Å²) in [6.07, 6.45) is -9.63. The van der Waals surface area contributed by atoms with Crippen molar-refractivity contribution < 1.29 is 30.7 Å². The zero-order valence-corrected chi connectivity index (χ0v) is 11.9. The first-order valence-corrected chi connectivity index (χ1v) is 6.93. The van der Waals surface area contributed by atoms with E-state index >= 15 is 0 Å². The zero-order valence-electron chi connectivity index (χ0n) is 11.9. The molecular weight excluding hydrogens is 329 g/mol. The Bertz CT molecular complexity index is 533. The standard InChI is InChI=1S/C14H15F7N2/c15-8-12(23-5-3-22-4-6-23)10-7-9(13(16,17)18)1-2-11(10)14(19,20)21/h1-2,7,12,22H,3-6,8H2/t12-/m1/s1. The Morgan fingerprint density at radius 1 is 1.00 bits per heavy atom. The SMILES string of the molecule is FC[C@H](c1cc(C(F)(F)F)ccc1C(F)(F)F)N1CCNCC1. The molecule has 1 aromatic carbocycles. The van der Waals surface area contributed by atoms with Gasteiger partial charge in [-0.15, -0.1) is 0 Å². The van der Waals surface area contributed by atoms with Crippen LogP contribution in [0.4, 0.5) is 30.7 Å². The van der Waals surface area contributed by atoms with Gasteiger partial charge in [0.05, 0.1) is 17.2 Å². The highest BCUT2D eigenvalue weighted by molar-refractivity contribution is 5.38. The number of piperazine rings is 1. The van der Waals surface area contributed by atoms with E-state index in [4.69, 9.17) is 0 Å². The van der Waals surface area contributed by atoms with Crippen molar-refractivity contribution >= 4 is 0 Å². The van der Waals surface area contributed by atoms with E-state index in [1.54, 1.807) is 0 Å². The number of hydrogen-bond acceptors (Lipinski definition) is 2. The van der Waals surface area contributed by atoms with Crippen LogP contribution in [0.3, 0.4) is 0 Å². The van der Waals surface area contributed by atoms with Gasteiger partial charge in [0.25, 0.3) is 0 Å². The molecule has 9 heteroatoms. The minimum atomic E-state index is -4.85. The van der Waals surface area contributed by atoms with Crippen LogP contribution in [-0.2, 0) is 12.4 Å². The summed E-state index contributed by atoms with van der Waals surface area (Å²) in [7, 11) is 0. The van der Waals surface area contributed by atoms with Crippen LogP contribution in [0.1, 0.15) is 22.7 Å². The second kappa shape index (κ2) is 6.64. The summed E-state index contributed by atoms with van der Waals surface area (Å²) < 4.78 is 91.2. The van der Waals surface area contributed by atoms with E-state index < -0.39 is 41.8 Å². The average molecular weight is 344 g/mol. The molecule has 2 rings (SSSR count). The fourth-order valence-corrected chi connectivity index (χ4v) is 2.64. The molecular formula is C14H15F7N2. The minimum absolute atomic E-state index is 0.266. The van der Waals surface area contributed by atoms with Gasteiger partial charge >= 0.3 is 12.4 Å². The van der Waals surface area contributed by atoms with Crippen LogP contribution in [0.5, 0.6) is 0 Å². The van der Waals surface area contributed by atoms with Gasteiger partial charge in [-0.2, -0.15) is 26.3 Å².